The number of hydrazine groups is 1. The van der Waals surface area contributed by atoms with Crippen LogP contribution >= 0.6 is 0 Å². The van der Waals surface area contributed by atoms with Crippen molar-refractivity contribution in [1.29, 1.82) is 0 Å². The third-order valence-corrected chi connectivity index (χ3v) is 5.70. The fraction of sp³-hybridized carbons (Fsp3) is 0.364. The van der Waals surface area contributed by atoms with Gasteiger partial charge in [0.05, 0.1) is 29.6 Å². The van der Waals surface area contributed by atoms with Crippen LogP contribution in [0.1, 0.15) is 32.4 Å². The van der Waals surface area contributed by atoms with Gasteiger partial charge in [0.15, 0.2) is 6.10 Å². The van der Waals surface area contributed by atoms with Crippen LogP contribution in [-0.2, 0) is 16.6 Å². The normalized spacial score (nSPS) is 19.9. The lowest BCUT2D eigenvalue weighted by atomic mass is 9.85. The Morgan fingerprint density at radius 1 is 1.30 bits per heavy atom. The van der Waals surface area contributed by atoms with Gasteiger partial charge in [0.25, 0.3) is 0 Å². The summed E-state index contributed by atoms with van der Waals surface area (Å²) in [5.74, 6) is 6.43. The third kappa shape index (κ3) is 2.83. The summed E-state index contributed by atoms with van der Waals surface area (Å²) < 4.78 is 19.4. The zero-order valence-electron chi connectivity index (χ0n) is 17.6. The van der Waals surface area contributed by atoms with Crippen LogP contribution in [0.5, 0.6) is 11.5 Å². The van der Waals surface area contributed by atoms with Crippen LogP contribution in [-0.4, -0.2) is 29.4 Å². The summed E-state index contributed by atoms with van der Waals surface area (Å²) in [7, 11) is 3.39. The highest BCUT2D eigenvalue weighted by Gasteiger charge is 2.47. The van der Waals surface area contributed by atoms with E-state index in [1.165, 1.54) is 14.0 Å². The highest BCUT2D eigenvalue weighted by Crippen LogP contribution is 2.47. The first-order valence-corrected chi connectivity index (χ1v) is 9.66. The summed E-state index contributed by atoms with van der Waals surface area (Å²) in [5.41, 5.74) is 3.78. The monoisotopic (exact) mass is 411 g/mol. The fourth-order valence-corrected chi connectivity index (χ4v) is 4.42. The van der Waals surface area contributed by atoms with Crippen LogP contribution in [0, 0.1) is 0 Å². The van der Waals surface area contributed by atoms with Gasteiger partial charge in [-0.05, 0) is 26.0 Å². The maximum absolute atomic E-state index is 13.4. The lowest BCUT2D eigenvalue weighted by Crippen LogP contribution is -2.55. The van der Waals surface area contributed by atoms with Crippen molar-refractivity contribution >= 4 is 27.8 Å². The number of para-hydroxylation sites is 1. The molecule has 2 heterocycles. The van der Waals surface area contributed by atoms with Gasteiger partial charge in [-0.3, -0.25) is 15.4 Å². The Kier molecular flexibility index (Phi) is 4.71. The molecule has 4 rings (SSSR count). The average molecular weight is 411 g/mol. The molecule has 8 heteroatoms. The summed E-state index contributed by atoms with van der Waals surface area (Å²) in [4.78, 5) is 25.2. The molecule has 0 fully saturated rings. The second-order valence-electron chi connectivity index (χ2n) is 8.00. The van der Waals surface area contributed by atoms with Crippen molar-refractivity contribution in [1.82, 2.24) is 9.99 Å². The van der Waals surface area contributed by atoms with E-state index in [0.29, 0.717) is 33.4 Å². The molecule has 3 aromatic rings. The molecule has 0 saturated heterocycles. The summed E-state index contributed by atoms with van der Waals surface area (Å²) in [6.45, 7) is 4.99. The topological polar surface area (TPSA) is 105 Å². The van der Waals surface area contributed by atoms with Crippen LogP contribution in [0.4, 0.5) is 0 Å². The minimum Gasteiger partial charge on any atom is -0.496 e. The smallest absolute Gasteiger partial charge is 0.303 e. The molecule has 30 heavy (non-hydrogen) atoms. The van der Waals surface area contributed by atoms with E-state index in [1.807, 2.05) is 43.7 Å². The zero-order chi connectivity index (χ0) is 21.8. The molecule has 0 saturated carbocycles. The number of carbonyl (C=O) groups excluding carboxylic acids is 1. The Labute approximate surface area is 173 Å². The maximum Gasteiger partial charge on any atom is 0.303 e. The molecular weight excluding hydrogens is 386 g/mol. The van der Waals surface area contributed by atoms with Gasteiger partial charge in [0.1, 0.15) is 17.1 Å². The molecule has 2 aromatic carbocycles. The van der Waals surface area contributed by atoms with Crippen LogP contribution in [0.3, 0.4) is 0 Å². The molecule has 0 unspecified atom stereocenters. The first-order chi connectivity index (χ1) is 14.2. The van der Waals surface area contributed by atoms with Gasteiger partial charge in [-0.25, -0.2) is 5.43 Å². The summed E-state index contributed by atoms with van der Waals surface area (Å²) in [6.07, 6.45) is -0.717. The summed E-state index contributed by atoms with van der Waals surface area (Å²) in [6, 6.07) is 8.46. The van der Waals surface area contributed by atoms with Gasteiger partial charge in [-0.15, -0.1) is 0 Å². The molecule has 1 aliphatic heterocycles. The number of fused-ring (bicyclic) bond motifs is 4. The SMILES string of the molecule is COc1cc2c(c3c1c(=O)c1ccccc1n3C)[C@H](NN)[C@@H](OC(C)=O)C(C)(C)O2. The van der Waals surface area contributed by atoms with Crippen LogP contribution in [0.25, 0.3) is 21.8 Å². The Hall–Kier alpha value is -3.10. The van der Waals surface area contributed by atoms with Crippen molar-refractivity contribution in [3.63, 3.8) is 0 Å². The number of nitrogens with zero attached hydrogens (tertiary/aromatic N) is 1. The zero-order valence-corrected chi connectivity index (χ0v) is 17.6. The van der Waals surface area contributed by atoms with E-state index in [2.05, 4.69) is 5.43 Å². The average Bonchev–Trinajstić information content (AvgIpc) is 2.70. The van der Waals surface area contributed by atoms with Gasteiger partial charge < -0.3 is 18.8 Å². The van der Waals surface area contributed by atoms with E-state index in [0.717, 1.165) is 5.52 Å². The van der Waals surface area contributed by atoms with Crippen molar-refractivity contribution in [3.05, 3.63) is 46.1 Å². The first-order valence-electron chi connectivity index (χ1n) is 9.66. The molecule has 8 nitrogen and oxygen atoms in total. The van der Waals surface area contributed by atoms with E-state index in [9.17, 15) is 9.59 Å². The molecule has 0 amide bonds. The van der Waals surface area contributed by atoms with Crippen LogP contribution in [0.15, 0.2) is 35.1 Å². The predicted molar refractivity (Wildman–Crippen MR) is 114 cm³/mol. The maximum atomic E-state index is 13.4. The number of esters is 1. The quantitative estimate of drug-likeness (QED) is 0.295. The van der Waals surface area contributed by atoms with Crippen LogP contribution < -0.4 is 26.2 Å². The minimum absolute atomic E-state index is 0.150. The Bertz CT molecular complexity index is 1230. The number of pyridine rings is 1. The van der Waals surface area contributed by atoms with Gasteiger partial charge in [-0.1, -0.05) is 12.1 Å². The van der Waals surface area contributed by atoms with E-state index in [1.54, 1.807) is 12.1 Å². The minimum atomic E-state index is -0.871. The number of benzene rings is 2. The molecule has 3 N–H and O–H groups in total. The molecular formula is C22H25N3O5. The lowest BCUT2D eigenvalue weighted by molar-refractivity contribution is -0.163. The molecule has 1 aliphatic rings. The largest absolute Gasteiger partial charge is 0.496 e. The number of nitrogens with two attached hydrogens (primary N) is 1. The Morgan fingerprint density at radius 2 is 2.00 bits per heavy atom. The van der Waals surface area contributed by atoms with Gasteiger partial charge >= 0.3 is 5.97 Å². The molecule has 0 spiro atoms. The number of rotatable bonds is 3. The lowest BCUT2D eigenvalue weighted by Gasteiger charge is -2.44. The molecule has 158 valence electrons. The summed E-state index contributed by atoms with van der Waals surface area (Å²) in [5, 5.41) is 0.999. The molecule has 0 radical (unpaired) electrons. The van der Waals surface area contributed by atoms with E-state index < -0.39 is 23.7 Å². The number of aromatic nitrogens is 1. The van der Waals surface area contributed by atoms with Gasteiger partial charge in [0.2, 0.25) is 5.43 Å². The third-order valence-electron chi connectivity index (χ3n) is 5.70. The second-order valence-corrected chi connectivity index (χ2v) is 8.00. The second kappa shape index (κ2) is 7.00. The van der Waals surface area contributed by atoms with E-state index >= 15 is 0 Å². The predicted octanol–water partition coefficient (Wildman–Crippen LogP) is 2.31. The number of carbonyl (C=O) groups is 1. The van der Waals surface area contributed by atoms with Crippen molar-refractivity contribution in [3.8, 4) is 11.5 Å². The van der Waals surface area contributed by atoms with Crippen molar-refractivity contribution in [2.24, 2.45) is 12.9 Å². The number of aryl methyl sites for hydroxylation is 1. The standard InChI is InChI=1S/C22H25N3O5/c1-11(26)29-21-18(24-23)16-15(30-22(21,2)3)10-14(28-5)17-19(16)25(4)13-9-7-6-8-12(13)20(17)27/h6-10,18,21,24H,23H2,1-5H3/t18-,21+/m0/s1. The molecule has 1 aromatic heterocycles. The molecule has 0 bridgehead atoms. The number of nitrogens with one attached hydrogen (secondary N) is 1. The number of hydrogen-bond donors (Lipinski definition) is 2. The van der Waals surface area contributed by atoms with E-state index in [4.69, 9.17) is 20.1 Å². The highest BCUT2D eigenvalue weighted by molar-refractivity contribution is 5.99. The van der Waals surface area contributed by atoms with Crippen molar-refractivity contribution in [2.75, 3.05) is 7.11 Å². The van der Waals surface area contributed by atoms with Gasteiger partial charge in [-0.2, -0.15) is 0 Å². The highest BCUT2D eigenvalue weighted by atomic mass is 16.6. The number of hydrogen-bond acceptors (Lipinski definition) is 7. The molecule has 0 aliphatic carbocycles. The van der Waals surface area contributed by atoms with Crippen molar-refractivity contribution in [2.45, 2.75) is 38.5 Å². The Balaban J connectivity index is 2.18. The number of ether oxygens (including phenoxy) is 3. The van der Waals surface area contributed by atoms with Crippen LogP contribution in [0.2, 0.25) is 0 Å². The summed E-state index contributed by atoms with van der Waals surface area (Å²) >= 11 is 0. The molecule has 2 atom stereocenters. The Morgan fingerprint density at radius 3 is 2.63 bits per heavy atom. The fourth-order valence-electron chi connectivity index (χ4n) is 4.42. The van der Waals surface area contributed by atoms with E-state index in [-0.39, 0.29) is 5.43 Å². The van der Waals surface area contributed by atoms with Crippen molar-refractivity contribution < 1.29 is 19.0 Å². The first kappa shape index (κ1) is 20.2. The van der Waals surface area contributed by atoms with Gasteiger partial charge in [0, 0.05) is 31.0 Å². The number of methoxy groups -OCH3 is 1.